The van der Waals surface area contributed by atoms with E-state index in [9.17, 15) is 14.7 Å². The number of ether oxygens (including phenoxy) is 2. The minimum absolute atomic E-state index is 0.232. The molecule has 0 aliphatic heterocycles. The second-order valence-electron chi connectivity index (χ2n) is 8.14. The molecule has 5 rings (SSSR count). The molecule has 0 radical (unpaired) electrons. The SMILES string of the molecule is CCOC(=O)c1c(N=Cc2c(O)n(-c3ccc(OC)cc3)c(=O)c3ccccc23)sc2c1CCC2. The zero-order valence-corrected chi connectivity index (χ0v) is 20.2. The first-order valence-electron chi connectivity index (χ1n) is 11.4. The molecule has 1 aliphatic carbocycles. The Hall–Kier alpha value is -3.91. The molecule has 7 nitrogen and oxygen atoms in total. The molecule has 0 spiro atoms. The van der Waals surface area contributed by atoms with E-state index in [-0.39, 0.29) is 24.0 Å². The van der Waals surface area contributed by atoms with Crippen LogP contribution in [-0.4, -0.2) is 35.6 Å². The average Bonchev–Trinajstić information content (AvgIpc) is 3.45. The Morgan fingerprint density at radius 1 is 1.14 bits per heavy atom. The van der Waals surface area contributed by atoms with Gasteiger partial charge in [-0.3, -0.25) is 4.79 Å². The van der Waals surface area contributed by atoms with E-state index in [1.54, 1.807) is 62.6 Å². The van der Waals surface area contributed by atoms with Gasteiger partial charge < -0.3 is 14.6 Å². The fourth-order valence-electron chi connectivity index (χ4n) is 4.48. The highest BCUT2D eigenvalue weighted by Crippen LogP contribution is 2.41. The van der Waals surface area contributed by atoms with Crippen molar-refractivity contribution >= 4 is 39.3 Å². The lowest BCUT2D eigenvalue weighted by molar-refractivity contribution is 0.0527. The van der Waals surface area contributed by atoms with E-state index < -0.39 is 0 Å². The highest BCUT2D eigenvalue weighted by molar-refractivity contribution is 7.16. The first-order chi connectivity index (χ1) is 17.0. The van der Waals surface area contributed by atoms with Crippen molar-refractivity contribution in [2.45, 2.75) is 26.2 Å². The number of thiophene rings is 1. The van der Waals surface area contributed by atoms with Crippen LogP contribution in [0.2, 0.25) is 0 Å². The predicted molar refractivity (Wildman–Crippen MR) is 137 cm³/mol. The van der Waals surface area contributed by atoms with Crippen LogP contribution in [-0.2, 0) is 17.6 Å². The van der Waals surface area contributed by atoms with Gasteiger partial charge in [-0.15, -0.1) is 11.3 Å². The maximum absolute atomic E-state index is 13.3. The van der Waals surface area contributed by atoms with E-state index in [0.29, 0.717) is 38.3 Å². The zero-order valence-electron chi connectivity index (χ0n) is 19.4. The summed E-state index contributed by atoms with van der Waals surface area (Å²) in [7, 11) is 1.56. The summed E-state index contributed by atoms with van der Waals surface area (Å²) in [6.45, 7) is 2.06. The molecule has 0 bridgehead atoms. The highest BCUT2D eigenvalue weighted by Gasteiger charge is 2.27. The number of aromatic nitrogens is 1. The third kappa shape index (κ3) is 4.00. The summed E-state index contributed by atoms with van der Waals surface area (Å²) in [6.07, 6.45) is 4.28. The zero-order chi connectivity index (χ0) is 24.5. The number of aryl methyl sites for hydroxylation is 1. The van der Waals surface area contributed by atoms with Crippen LogP contribution in [0.15, 0.2) is 58.3 Å². The summed E-state index contributed by atoms with van der Waals surface area (Å²) >= 11 is 1.48. The third-order valence-electron chi connectivity index (χ3n) is 6.13. The highest BCUT2D eigenvalue weighted by atomic mass is 32.1. The number of hydrogen-bond donors (Lipinski definition) is 1. The molecule has 35 heavy (non-hydrogen) atoms. The van der Waals surface area contributed by atoms with Gasteiger partial charge in [0.05, 0.1) is 30.5 Å². The normalized spacial score (nSPS) is 12.9. The summed E-state index contributed by atoms with van der Waals surface area (Å²) < 4.78 is 11.8. The lowest BCUT2D eigenvalue weighted by Gasteiger charge is -2.14. The number of benzene rings is 2. The molecule has 2 heterocycles. The lowest BCUT2D eigenvalue weighted by atomic mass is 10.1. The van der Waals surface area contributed by atoms with Crippen LogP contribution in [0, 0.1) is 0 Å². The van der Waals surface area contributed by atoms with E-state index in [1.807, 2.05) is 0 Å². The van der Waals surface area contributed by atoms with Crippen molar-refractivity contribution in [2.75, 3.05) is 13.7 Å². The maximum atomic E-state index is 13.3. The molecular formula is C27H24N2O5S. The molecule has 2 aromatic carbocycles. The lowest BCUT2D eigenvalue weighted by Crippen LogP contribution is -2.20. The molecule has 0 unspecified atom stereocenters. The Morgan fingerprint density at radius 3 is 2.60 bits per heavy atom. The van der Waals surface area contributed by atoms with Gasteiger partial charge >= 0.3 is 5.97 Å². The summed E-state index contributed by atoms with van der Waals surface area (Å²) in [5.74, 6) is 0.0295. The third-order valence-corrected chi connectivity index (χ3v) is 7.33. The van der Waals surface area contributed by atoms with Gasteiger partial charge in [0.1, 0.15) is 10.8 Å². The molecule has 2 aromatic heterocycles. The Bertz CT molecular complexity index is 1520. The summed E-state index contributed by atoms with van der Waals surface area (Å²) in [5.41, 5.74) is 2.06. The largest absolute Gasteiger partial charge is 0.497 e. The number of aliphatic imine (C=N–C) groups is 1. The van der Waals surface area contributed by atoms with Gasteiger partial charge in [0.2, 0.25) is 5.88 Å². The fraction of sp³-hybridized carbons (Fsp3) is 0.222. The van der Waals surface area contributed by atoms with Crippen molar-refractivity contribution in [3.05, 3.63) is 80.5 Å². The molecule has 1 aliphatic rings. The van der Waals surface area contributed by atoms with Crippen LogP contribution in [0.3, 0.4) is 0 Å². The van der Waals surface area contributed by atoms with Crippen molar-refractivity contribution < 1.29 is 19.4 Å². The van der Waals surface area contributed by atoms with E-state index in [4.69, 9.17) is 9.47 Å². The topological polar surface area (TPSA) is 90.1 Å². The van der Waals surface area contributed by atoms with Crippen LogP contribution in [0.4, 0.5) is 5.00 Å². The van der Waals surface area contributed by atoms with Crippen LogP contribution in [0.5, 0.6) is 11.6 Å². The Morgan fingerprint density at radius 2 is 1.89 bits per heavy atom. The standard InChI is InChI=1S/C27H24N2O5S/c1-3-34-27(32)23-20-9-6-10-22(20)35-24(23)28-15-21-18-7-4-5-8-19(18)25(30)29(26(21)31)16-11-13-17(33-2)14-12-16/h4-5,7-8,11-15,31H,3,6,9-10H2,1-2H3. The quantitative estimate of drug-likeness (QED) is 0.298. The van der Waals surface area contributed by atoms with Crippen molar-refractivity contribution in [2.24, 2.45) is 4.99 Å². The van der Waals surface area contributed by atoms with Crippen LogP contribution in [0.25, 0.3) is 16.5 Å². The van der Waals surface area contributed by atoms with E-state index in [2.05, 4.69) is 4.99 Å². The van der Waals surface area contributed by atoms with Gasteiger partial charge in [0, 0.05) is 21.9 Å². The van der Waals surface area contributed by atoms with E-state index in [1.165, 1.54) is 22.1 Å². The van der Waals surface area contributed by atoms with Gasteiger partial charge in [0.15, 0.2) is 0 Å². The molecule has 0 atom stereocenters. The molecule has 0 amide bonds. The smallest absolute Gasteiger partial charge is 0.341 e. The van der Waals surface area contributed by atoms with Crippen LogP contribution < -0.4 is 10.3 Å². The van der Waals surface area contributed by atoms with Gasteiger partial charge in [0.25, 0.3) is 5.56 Å². The number of aromatic hydroxyl groups is 1. The Kier molecular flexibility index (Phi) is 6.13. The average molecular weight is 489 g/mol. The minimum Gasteiger partial charge on any atom is -0.497 e. The number of pyridine rings is 1. The molecule has 1 N–H and O–H groups in total. The number of methoxy groups -OCH3 is 1. The summed E-state index contributed by atoms with van der Waals surface area (Å²) in [6, 6.07) is 13.9. The molecule has 4 aromatic rings. The molecular weight excluding hydrogens is 464 g/mol. The number of carbonyl (C=O) groups is 1. The Labute approximate surface area is 205 Å². The van der Waals surface area contributed by atoms with Gasteiger partial charge in [-0.2, -0.15) is 0 Å². The molecule has 0 saturated carbocycles. The molecule has 0 fully saturated rings. The maximum Gasteiger partial charge on any atom is 0.341 e. The number of hydrogen-bond acceptors (Lipinski definition) is 7. The molecule has 0 saturated heterocycles. The number of nitrogens with zero attached hydrogens (tertiary/aromatic N) is 2. The van der Waals surface area contributed by atoms with Crippen molar-refractivity contribution in [1.82, 2.24) is 4.57 Å². The second-order valence-corrected chi connectivity index (χ2v) is 9.22. The number of rotatable bonds is 6. The summed E-state index contributed by atoms with van der Waals surface area (Å²) in [4.78, 5) is 31.8. The summed E-state index contributed by atoms with van der Waals surface area (Å²) in [5, 5.41) is 12.8. The van der Waals surface area contributed by atoms with Crippen molar-refractivity contribution in [3.63, 3.8) is 0 Å². The van der Waals surface area contributed by atoms with Crippen molar-refractivity contribution in [3.8, 4) is 17.3 Å². The van der Waals surface area contributed by atoms with Crippen molar-refractivity contribution in [1.29, 1.82) is 0 Å². The fourth-order valence-corrected chi connectivity index (χ4v) is 5.70. The first-order valence-corrected chi connectivity index (χ1v) is 12.2. The van der Waals surface area contributed by atoms with Gasteiger partial charge in [-0.1, -0.05) is 18.2 Å². The number of fused-ring (bicyclic) bond motifs is 2. The van der Waals surface area contributed by atoms with E-state index in [0.717, 1.165) is 29.7 Å². The Balaban J connectivity index is 1.68. The second kappa shape index (κ2) is 9.38. The van der Waals surface area contributed by atoms with Crippen LogP contribution in [0.1, 0.15) is 39.7 Å². The number of carbonyl (C=O) groups excluding carboxylic acids is 1. The van der Waals surface area contributed by atoms with Gasteiger partial charge in [-0.25, -0.2) is 14.4 Å². The van der Waals surface area contributed by atoms with E-state index >= 15 is 0 Å². The number of esters is 1. The molecule has 178 valence electrons. The molecule has 8 heteroatoms. The minimum atomic E-state index is -0.378. The monoisotopic (exact) mass is 488 g/mol. The predicted octanol–water partition coefficient (Wildman–Crippen LogP) is 5.18. The van der Waals surface area contributed by atoms with Crippen LogP contribution >= 0.6 is 11.3 Å². The van der Waals surface area contributed by atoms with Gasteiger partial charge in [-0.05, 0) is 62.1 Å². The first kappa shape index (κ1) is 22.9.